The molecule has 0 aliphatic carbocycles. The molecule has 0 atom stereocenters. The van der Waals surface area contributed by atoms with Crippen molar-refractivity contribution in [3.8, 4) is 5.75 Å². The highest BCUT2D eigenvalue weighted by Crippen LogP contribution is 2.22. The average molecular weight is 355 g/mol. The first-order chi connectivity index (χ1) is 12.3. The van der Waals surface area contributed by atoms with Gasteiger partial charge in [0.15, 0.2) is 6.61 Å². The van der Waals surface area contributed by atoms with Gasteiger partial charge in [-0.1, -0.05) is 51.1 Å². The molecule has 5 heteroatoms. The molecule has 1 amide bonds. The third-order valence-corrected chi connectivity index (χ3v) is 3.99. The minimum atomic E-state index is -0.516. The minimum absolute atomic E-state index is 0.0147. The fourth-order valence-corrected chi connectivity index (χ4v) is 2.41. The summed E-state index contributed by atoms with van der Waals surface area (Å²) in [6.45, 7) is 6.29. The van der Waals surface area contributed by atoms with Crippen LogP contribution in [0.15, 0.2) is 48.5 Å². The Labute approximate surface area is 154 Å². The summed E-state index contributed by atoms with van der Waals surface area (Å²) in [5, 5.41) is 2.71. The first-order valence-electron chi connectivity index (χ1n) is 8.47. The highest BCUT2D eigenvalue weighted by Gasteiger charge is 2.15. The lowest BCUT2D eigenvalue weighted by atomic mass is 9.87. The van der Waals surface area contributed by atoms with Gasteiger partial charge in [-0.2, -0.15) is 0 Å². The van der Waals surface area contributed by atoms with E-state index < -0.39 is 5.97 Å². The van der Waals surface area contributed by atoms with E-state index in [1.807, 2.05) is 36.4 Å². The van der Waals surface area contributed by atoms with Crippen LogP contribution in [0, 0.1) is 0 Å². The molecule has 0 aliphatic heterocycles. The van der Waals surface area contributed by atoms with Crippen molar-refractivity contribution in [2.75, 3.05) is 13.7 Å². The zero-order valence-electron chi connectivity index (χ0n) is 15.7. The lowest BCUT2D eigenvalue weighted by Crippen LogP contribution is -2.28. The predicted molar refractivity (Wildman–Crippen MR) is 100 cm³/mol. The molecule has 0 saturated heterocycles. The van der Waals surface area contributed by atoms with Crippen LogP contribution in [0.4, 0.5) is 0 Å². The van der Waals surface area contributed by atoms with E-state index in [-0.39, 0.29) is 17.9 Å². The van der Waals surface area contributed by atoms with Crippen molar-refractivity contribution in [2.45, 2.75) is 32.7 Å². The number of amides is 1. The maximum atomic E-state index is 12.1. The van der Waals surface area contributed by atoms with E-state index >= 15 is 0 Å². The molecule has 0 aromatic heterocycles. The van der Waals surface area contributed by atoms with E-state index in [1.54, 1.807) is 19.2 Å². The van der Waals surface area contributed by atoms with E-state index in [2.05, 4.69) is 26.1 Å². The summed E-state index contributed by atoms with van der Waals surface area (Å²) in [5.74, 6) is -0.183. The lowest BCUT2D eigenvalue weighted by molar-refractivity contribution is -0.124. The van der Waals surface area contributed by atoms with Crippen molar-refractivity contribution < 1.29 is 19.1 Å². The topological polar surface area (TPSA) is 64.6 Å². The SMILES string of the molecule is COc1ccccc1CNC(=O)COC(=O)c1ccc(C(C)(C)C)cc1. The smallest absolute Gasteiger partial charge is 0.338 e. The molecule has 26 heavy (non-hydrogen) atoms. The summed E-state index contributed by atoms with van der Waals surface area (Å²) in [5.41, 5.74) is 2.42. The number of hydrogen-bond donors (Lipinski definition) is 1. The number of methoxy groups -OCH3 is 1. The molecule has 0 fully saturated rings. The molecule has 1 N–H and O–H groups in total. The molecule has 2 aromatic carbocycles. The molecule has 0 unspecified atom stereocenters. The van der Waals surface area contributed by atoms with Gasteiger partial charge in [0.05, 0.1) is 12.7 Å². The molecular weight excluding hydrogens is 330 g/mol. The third-order valence-electron chi connectivity index (χ3n) is 3.99. The van der Waals surface area contributed by atoms with Crippen LogP contribution in [0.5, 0.6) is 5.75 Å². The molecule has 0 bridgehead atoms. The van der Waals surface area contributed by atoms with Crippen molar-refractivity contribution in [1.29, 1.82) is 0 Å². The predicted octanol–water partition coefficient (Wildman–Crippen LogP) is 3.47. The maximum absolute atomic E-state index is 12.1. The molecule has 138 valence electrons. The standard InChI is InChI=1S/C21H25NO4/c1-21(2,3)17-11-9-15(10-12-17)20(24)26-14-19(23)22-13-16-7-5-6-8-18(16)25-4/h5-12H,13-14H2,1-4H3,(H,22,23). The first-order valence-corrected chi connectivity index (χ1v) is 8.47. The van der Waals surface area contributed by atoms with E-state index in [0.29, 0.717) is 17.9 Å². The summed E-state index contributed by atoms with van der Waals surface area (Å²) in [4.78, 5) is 24.0. The average Bonchev–Trinajstić information content (AvgIpc) is 2.64. The molecule has 5 nitrogen and oxygen atoms in total. The first kappa shape index (κ1) is 19.5. The number of carbonyl (C=O) groups excluding carboxylic acids is 2. The van der Waals surface area contributed by atoms with E-state index in [0.717, 1.165) is 11.1 Å². The Hall–Kier alpha value is -2.82. The van der Waals surface area contributed by atoms with Gasteiger partial charge in [0.2, 0.25) is 0 Å². The summed E-state index contributed by atoms with van der Waals surface area (Å²) in [7, 11) is 1.58. The molecule has 2 rings (SSSR count). The highest BCUT2D eigenvalue weighted by molar-refractivity contribution is 5.91. The van der Waals surface area contributed by atoms with E-state index in [1.165, 1.54) is 0 Å². The van der Waals surface area contributed by atoms with Crippen molar-refractivity contribution in [2.24, 2.45) is 0 Å². The van der Waals surface area contributed by atoms with Gasteiger partial charge in [-0.15, -0.1) is 0 Å². The Morgan fingerprint density at radius 2 is 1.65 bits per heavy atom. The van der Waals surface area contributed by atoms with Crippen molar-refractivity contribution in [3.63, 3.8) is 0 Å². The normalized spacial score (nSPS) is 10.9. The Bertz CT molecular complexity index is 760. The fraction of sp³-hybridized carbons (Fsp3) is 0.333. The zero-order valence-corrected chi connectivity index (χ0v) is 15.7. The molecule has 0 aliphatic rings. The zero-order chi connectivity index (χ0) is 19.2. The number of carbonyl (C=O) groups is 2. The van der Waals surface area contributed by atoms with E-state index in [9.17, 15) is 9.59 Å². The van der Waals surface area contributed by atoms with Crippen LogP contribution >= 0.6 is 0 Å². The number of esters is 1. The number of benzene rings is 2. The Balaban J connectivity index is 1.84. The van der Waals surface area contributed by atoms with Crippen molar-refractivity contribution in [1.82, 2.24) is 5.32 Å². The van der Waals surface area contributed by atoms with Gasteiger partial charge in [-0.25, -0.2) is 4.79 Å². The number of nitrogens with one attached hydrogen (secondary N) is 1. The number of hydrogen-bond acceptors (Lipinski definition) is 4. The molecule has 0 radical (unpaired) electrons. The van der Waals surface area contributed by atoms with Crippen LogP contribution < -0.4 is 10.1 Å². The largest absolute Gasteiger partial charge is 0.496 e. The number of para-hydroxylation sites is 1. The Morgan fingerprint density at radius 1 is 1.00 bits per heavy atom. The van der Waals surface area contributed by atoms with Gasteiger partial charge in [-0.05, 0) is 29.2 Å². The number of ether oxygens (including phenoxy) is 2. The summed E-state index contributed by atoms with van der Waals surface area (Å²) in [6.07, 6.45) is 0. The lowest BCUT2D eigenvalue weighted by Gasteiger charge is -2.18. The van der Waals surface area contributed by atoms with Gasteiger partial charge in [0.1, 0.15) is 5.75 Å². The molecule has 2 aromatic rings. The summed E-state index contributed by atoms with van der Waals surface area (Å²) >= 11 is 0. The maximum Gasteiger partial charge on any atom is 0.338 e. The van der Waals surface area contributed by atoms with Crippen LogP contribution in [-0.2, 0) is 21.5 Å². The summed E-state index contributed by atoms with van der Waals surface area (Å²) < 4.78 is 10.3. The van der Waals surface area contributed by atoms with Crippen molar-refractivity contribution in [3.05, 3.63) is 65.2 Å². The molecule has 0 heterocycles. The van der Waals surface area contributed by atoms with E-state index in [4.69, 9.17) is 9.47 Å². The minimum Gasteiger partial charge on any atom is -0.496 e. The van der Waals surface area contributed by atoms with Gasteiger partial charge in [-0.3, -0.25) is 4.79 Å². The fourth-order valence-electron chi connectivity index (χ4n) is 2.41. The second kappa shape index (κ2) is 8.52. The van der Waals surface area contributed by atoms with Crippen LogP contribution in [0.1, 0.15) is 42.3 Å². The molecular formula is C21H25NO4. The second-order valence-electron chi connectivity index (χ2n) is 6.99. The van der Waals surface area contributed by atoms with Gasteiger partial charge < -0.3 is 14.8 Å². The molecule has 0 spiro atoms. The van der Waals surface area contributed by atoms with Gasteiger partial charge in [0.25, 0.3) is 5.91 Å². The van der Waals surface area contributed by atoms with Crippen LogP contribution in [-0.4, -0.2) is 25.6 Å². The van der Waals surface area contributed by atoms with Crippen LogP contribution in [0.3, 0.4) is 0 Å². The van der Waals surface area contributed by atoms with Crippen molar-refractivity contribution >= 4 is 11.9 Å². The van der Waals surface area contributed by atoms with Crippen LogP contribution in [0.2, 0.25) is 0 Å². The second-order valence-corrected chi connectivity index (χ2v) is 6.99. The molecule has 0 saturated carbocycles. The Kier molecular flexibility index (Phi) is 6.39. The Morgan fingerprint density at radius 3 is 2.27 bits per heavy atom. The monoisotopic (exact) mass is 355 g/mol. The summed E-state index contributed by atoms with van der Waals surface area (Å²) in [6, 6.07) is 14.6. The third kappa shape index (κ3) is 5.34. The quantitative estimate of drug-likeness (QED) is 0.806. The highest BCUT2D eigenvalue weighted by atomic mass is 16.5. The van der Waals surface area contributed by atoms with Gasteiger partial charge >= 0.3 is 5.97 Å². The van der Waals surface area contributed by atoms with Crippen LogP contribution in [0.25, 0.3) is 0 Å². The van der Waals surface area contributed by atoms with Gasteiger partial charge in [0, 0.05) is 12.1 Å². The number of rotatable bonds is 6.